The summed E-state index contributed by atoms with van der Waals surface area (Å²) in [5.41, 5.74) is 1.38. The Morgan fingerprint density at radius 1 is 0.909 bits per heavy atom. The van der Waals surface area contributed by atoms with E-state index in [-0.39, 0.29) is 17.3 Å². The summed E-state index contributed by atoms with van der Waals surface area (Å²) in [5.74, 6) is -0.290. The van der Waals surface area contributed by atoms with Crippen LogP contribution in [0.25, 0.3) is 0 Å². The second kappa shape index (κ2) is 10.3. The zero-order chi connectivity index (χ0) is 24.1. The minimum Gasteiger partial charge on any atom is -0.387 e. The van der Waals surface area contributed by atoms with Gasteiger partial charge in [-0.25, -0.2) is 13.1 Å². The fourth-order valence-electron chi connectivity index (χ4n) is 3.43. The minimum atomic E-state index is -3.70. The molecule has 33 heavy (non-hydrogen) atoms. The van der Waals surface area contributed by atoms with Crippen LogP contribution in [-0.2, 0) is 16.6 Å². The minimum absolute atomic E-state index is 0.0907. The molecule has 0 radical (unpaired) electrons. The summed E-state index contributed by atoms with van der Waals surface area (Å²) in [6.45, 7) is 5.71. The van der Waals surface area contributed by atoms with Crippen molar-refractivity contribution in [2.45, 2.75) is 43.9 Å². The molecule has 0 aliphatic carbocycles. The highest BCUT2D eigenvalue weighted by Gasteiger charge is 2.24. The van der Waals surface area contributed by atoms with E-state index in [4.69, 9.17) is 0 Å². The molecule has 1 atom stereocenters. The highest BCUT2D eigenvalue weighted by Crippen LogP contribution is 2.20. The maximum atomic E-state index is 13.4. The molecule has 1 amide bonds. The van der Waals surface area contributed by atoms with Gasteiger partial charge in [0, 0.05) is 17.6 Å². The summed E-state index contributed by atoms with van der Waals surface area (Å²) in [6, 6.07) is 24.6. The number of amides is 1. The molecule has 3 aromatic rings. The highest BCUT2D eigenvalue weighted by molar-refractivity contribution is 7.89. The van der Waals surface area contributed by atoms with Crippen LogP contribution in [0.15, 0.2) is 89.8 Å². The Morgan fingerprint density at radius 3 is 2.00 bits per heavy atom. The van der Waals surface area contributed by atoms with Gasteiger partial charge in [0.2, 0.25) is 10.0 Å². The number of hydrogen-bond donors (Lipinski definition) is 2. The number of carbonyl (C=O) groups is 1. The van der Waals surface area contributed by atoms with E-state index < -0.39 is 21.7 Å². The zero-order valence-corrected chi connectivity index (χ0v) is 19.9. The molecule has 7 heteroatoms. The van der Waals surface area contributed by atoms with Crippen LogP contribution >= 0.6 is 0 Å². The highest BCUT2D eigenvalue weighted by atomic mass is 32.2. The van der Waals surface area contributed by atoms with Crippen LogP contribution in [0.5, 0.6) is 0 Å². The molecular formula is C26H30N2O4S. The van der Waals surface area contributed by atoms with Crippen LogP contribution in [-0.4, -0.2) is 36.4 Å². The molecule has 0 fully saturated rings. The van der Waals surface area contributed by atoms with Crippen molar-refractivity contribution in [2.24, 2.45) is 0 Å². The third-order valence-corrected chi connectivity index (χ3v) is 6.71. The largest absolute Gasteiger partial charge is 0.387 e. The van der Waals surface area contributed by atoms with E-state index in [1.54, 1.807) is 25.7 Å². The number of aliphatic hydroxyl groups excluding tert-OH is 1. The number of rotatable bonds is 8. The molecule has 3 aromatic carbocycles. The fourth-order valence-corrected chi connectivity index (χ4v) is 4.85. The molecule has 0 saturated heterocycles. The molecule has 0 aliphatic heterocycles. The zero-order valence-electron chi connectivity index (χ0n) is 19.1. The Morgan fingerprint density at radius 2 is 1.45 bits per heavy atom. The predicted molar refractivity (Wildman–Crippen MR) is 129 cm³/mol. The second-order valence-electron chi connectivity index (χ2n) is 8.98. The van der Waals surface area contributed by atoms with E-state index in [9.17, 15) is 18.3 Å². The second-order valence-corrected chi connectivity index (χ2v) is 10.7. The summed E-state index contributed by atoms with van der Waals surface area (Å²) < 4.78 is 27.7. The number of nitrogens with zero attached hydrogens (tertiary/aromatic N) is 1. The molecule has 2 N–H and O–H groups in total. The number of hydrogen-bond acceptors (Lipinski definition) is 4. The van der Waals surface area contributed by atoms with Crippen molar-refractivity contribution in [3.8, 4) is 0 Å². The number of carbonyl (C=O) groups excluding carboxylic acids is 1. The average molecular weight is 467 g/mol. The molecule has 174 valence electrons. The maximum absolute atomic E-state index is 13.4. The van der Waals surface area contributed by atoms with Crippen molar-refractivity contribution >= 4 is 15.9 Å². The summed E-state index contributed by atoms with van der Waals surface area (Å²) in [5, 5.41) is 10.7. The molecule has 0 spiro atoms. The molecule has 0 bridgehead atoms. The lowest BCUT2D eigenvalue weighted by atomic mass is 10.1. The Hall–Kier alpha value is -3.00. The van der Waals surface area contributed by atoms with Crippen molar-refractivity contribution in [3.63, 3.8) is 0 Å². The molecule has 0 aliphatic rings. The first-order valence-electron chi connectivity index (χ1n) is 10.8. The fraction of sp³-hybridized carbons (Fsp3) is 0.269. The van der Waals surface area contributed by atoms with Gasteiger partial charge >= 0.3 is 0 Å². The SMILES string of the molecule is CC(C)(C)NS(=O)(=O)c1ccc(C(=O)N(Cc2ccccc2)CC(O)c2ccccc2)cc1. The van der Waals surface area contributed by atoms with Crippen LogP contribution in [0.1, 0.15) is 48.4 Å². The first-order chi connectivity index (χ1) is 15.5. The van der Waals surface area contributed by atoms with Gasteiger partial charge in [0.05, 0.1) is 17.5 Å². The van der Waals surface area contributed by atoms with Gasteiger partial charge in [-0.2, -0.15) is 0 Å². The third-order valence-electron chi connectivity index (χ3n) is 4.93. The molecule has 6 nitrogen and oxygen atoms in total. The Kier molecular flexibility index (Phi) is 7.68. The van der Waals surface area contributed by atoms with Gasteiger partial charge < -0.3 is 10.0 Å². The van der Waals surface area contributed by atoms with Gasteiger partial charge in [0.15, 0.2) is 0 Å². The van der Waals surface area contributed by atoms with Crippen LogP contribution in [0.4, 0.5) is 0 Å². The van der Waals surface area contributed by atoms with Crippen molar-refractivity contribution in [2.75, 3.05) is 6.54 Å². The smallest absolute Gasteiger partial charge is 0.254 e. The first-order valence-corrected chi connectivity index (χ1v) is 12.2. The number of benzene rings is 3. The van der Waals surface area contributed by atoms with E-state index in [2.05, 4.69) is 4.72 Å². The average Bonchev–Trinajstić information content (AvgIpc) is 2.78. The Labute approximate surface area is 195 Å². The van der Waals surface area contributed by atoms with Crippen LogP contribution in [0, 0.1) is 0 Å². The van der Waals surface area contributed by atoms with Gasteiger partial charge in [-0.1, -0.05) is 60.7 Å². The summed E-state index contributed by atoms with van der Waals surface area (Å²) >= 11 is 0. The van der Waals surface area contributed by atoms with Crippen molar-refractivity contribution in [1.82, 2.24) is 9.62 Å². The van der Waals surface area contributed by atoms with Crippen molar-refractivity contribution in [3.05, 3.63) is 102 Å². The number of nitrogens with one attached hydrogen (secondary N) is 1. The Bertz CT molecular complexity index is 1160. The number of sulfonamides is 1. The normalized spacial score (nSPS) is 12.8. The molecule has 3 rings (SSSR count). The number of aliphatic hydroxyl groups is 1. The topological polar surface area (TPSA) is 86.7 Å². The van der Waals surface area contributed by atoms with E-state index in [0.29, 0.717) is 12.1 Å². The van der Waals surface area contributed by atoms with Crippen LogP contribution in [0.2, 0.25) is 0 Å². The lowest BCUT2D eigenvalue weighted by Gasteiger charge is -2.26. The van der Waals surface area contributed by atoms with E-state index in [0.717, 1.165) is 11.1 Å². The molecule has 0 aromatic heterocycles. The van der Waals surface area contributed by atoms with Crippen molar-refractivity contribution < 1.29 is 18.3 Å². The summed E-state index contributed by atoms with van der Waals surface area (Å²) in [4.78, 5) is 15.0. The lowest BCUT2D eigenvalue weighted by molar-refractivity contribution is 0.0603. The van der Waals surface area contributed by atoms with E-state index in [1.807, 2.05) is 60.7 Å². The molecule has 0 saturated carbocycles. The first kappa shape index (κ1) is 24.6. The summed E-state index contributed by atoms with van der Waals surface area (Å²) in [7, 11) is -3.70. The summed E-state index contributed by atoms with van der Waals surface area (Å²) in [6.07, 6.45) is -0.852. The molecule has 0 heterocycles. The molecule has 1 unspecified atom stereocenters. The monoisotopic (exact) mass is 466 g/mol. The van der Waals surface area contributed by atoms with Crippen molar-refractivity contribution in [1.29, 1.82) is 0 Å². The Balaban J connectivity index is 1.84. The van der Waals surface area contributed by atoms with Gasteiger partial charge in [-0.05, 0) is 56.2 Å². The van der Waals surface area contributed by atoms with Gasteiger partial charge in [0.25, 0.3) is 5.91 Å². The van der Waals surface area contributed by atoms with Crippen LogP contribution in [0.3, 0.4) is 0 Å². The van der Waals surface area contributed by atoms with Gasteiger partial charge in [0.1, 0.15) is 0 Å². The van der Waals surface area contributed by atoms with Crippen LogP contribution < -0.4 is 4.72 Å². The standard InChI is InChI=1S/C26H30N2O4S/c1-26(2,3)27-33(31,32)23-16-14-22(15-17-23)25(30)28(18-20-10-6-4-7-11-20)19-24(29)21-12-8-5-9-13-21/h4-17,24,27,29H,18-19H2,1-3H3. The maximum Gasteiger partial charge on any atom is 0.254 e. The third kappa shape index (κ3) is 6.99. The van der Waals surface area contributed by atoms with E-state index >= 15 is 0 Å². The predicted octanol–water partition coefficient (Wildman–Crippen LogP) is 4.14. The molecular weight excluding hydrogens is 436 g/mol. The van der Waals surface area contributed by atoms with E-state index in [1.165, 1.54) is 24.3 Å². The lowest BCUT2D eigenvalue weighted by Crippen LogP contribution is -2.40. The van der Waals surface area contributed by atoms with Gasteiger partial charge in [-0.15, -0.1) is 0 Å². The quantitative estimate of drug-likeness (QED) is 0.522. The van der Waals surface area contributed by atoms with Gasteiger partial charge in [-0.3, -0.25) is 4.79 Å².